The number of sulfonamides is 1. The highest BCUT2D eigenvalue weighted by Gasteiger charge is 2.24. The van der Waals surface area contributed by atoms with Crippen LogP contribution in [0.25, 0.3) is 9.88 Å². The third-order valence-corrected chi connectivity index (χ3v) is 7.93. The van der Waals surface area contributed by atoms with Gasteiger partial charge in [-0.05, 0) is 50.8 Å². The zero-order valence-electron chi connectivity index (χ0n) is 16.6. The van der Waals surface area contributed by atoms with Crippen molar-refractivity contribution < 1.29 is 13.2 Å². The van der Waals surface area contributed by atoms with Crippen LogP contribution in [0, 0.1) is 6.92 Å². The number of amides is 1. The summed E-state index contributed by atoms with van der Waals surface area (Å²) >= 11 is 2.91. The van der Waals surface area contributed by atoms with Crippen LogP contribution in [-0.2, 0) is 16.6 Å². The molecule has 29 heavy (non-hydrogen) atoms. The zero-order chi connectivity index (χ0) is 21.2. The minimum atomic E-state index is -3.70. The highest BCUT2D eigenvalue weighted by Crippen LogP contribution is 2.31. The van der Waals surface area contributed by atoms with Gasteiger partial charge in [-0.3, -0.25) is 4.79 Å². The molecule has 0 aliphatic carbocycles. The number of nitrogens with one attached hydrogen (secondary N) is 2. The fourth-order valence-electron chi connectivity index (χ4n) is 2.74. The number of hydrogen-bond acceptors (Lipinski definition) is 6. The van der Waals surface area contributed by atoms with Gasteiger partial charge in [0.2, 0.25) is 10.0 Å². The molecular weight excluding hydrogens is 426 g/mol. The molecule has 3 rings (SSSR count). The van der Waals surface area contributed by atoms with Gasteiger partial charge in [0.1, 0.15) is 9.88 Å². The molecule has 0 saturated heterocycles. The number of aryl methyl sites for hydroxylation is 1. The Morgan fingerprint density at radius 1 is 1.14 bits per heavy atom. The Hall–Kier alpha value is -2.07. The lowest BCUT2D eigenvalue weighted by atomic mass is 10.1. The summed E-state index contributed by atoms with van der Waals surface area (Å²) in [6.07, 6.45) is 0. The number of thiophene rings is 1. The van der Waals surface area contributed by atoms with Gasteiger partial charge in [0.25, 0.3) is 5.91 Å². The predicted molar refractivity (Wildman–Crippen MR) is 118 cm³/mol. The van der Waals surface area contributed by atoms with E-state index in [4.69, 9.17) is 0 Å². The Labute approximate surface area is 179 Å². The molecule has 2 heterocycles. The van der Waals surface area contributed by atoms with Crippen LogP contribution in [0.4, 0.5) is 0 Å². The predicted octanol–water partition coefficient (Wildman–Crippen LogP) is 4.19. The Bertz CT molecular complexity index is 1110. The van der Waals surface area contributed by atoms with E-state index < -0.39 is 15.6 Å². The van der Waals surface area contributed by atoms with Gasteiger partial charge in [-0.1, -0.05) is 24.3 Å². The maximum Gasteiger partial charge on any atom is 0.263 e. The van der Waals surface area contributed by atoms with E-state index in [2.05, 4.69) is 15.0 Å². The quantitative estimate of drug-likeness (QED) is 0.591. The molecular formula is C20H23N3O3S3. The number of carbonyl (C=O) groups is 1. The Kier molecular flexibility index (Phi) is 6.23. The van der Waals surface area contributed by atoms with Gasteiger partial charge in [-0.15, -0.1) is 22.7 Å². The number of hydrogen-bond donors (Lipinski definition) is 2. The van der Waals surface area contributed by atoms with E-state index in [1.54, 1.807) is 63.3 Å². The van der Waals surface area contributed by atoms with Gasteiger partial charge in [-0.25, -0.2) is 18.1 Å². The van der Waals surface area contributed by atoms with Crippen LogP contribution in [0.1, 0.15) is 41.7 Å². The summed E-state index contributed by atoms with van der Waals surface area (Å²) in [4.78, 5) is 18.9. The molecule has 0 spiro atoms. The van der Waals surface area contributed by atoms with Crippen molar-refractivity contribution in [1.29, 1.82) is 0 Å². The van der Waals surface area contributed by atoms with E-state index >= 15 is 0 Å². The van der Waals surface area contributed by atoms with E-state index in [0.717, 1.165) is 9.88 Å². The summed E-state index contributed by atoms with van der Waals surface area (Å²) in [7, 11) is -3.70. The average molecular weight is 450 g/mol. The maximum absolute atomic E-state index is 12.7. The fraction of sp³-hybridized carbons (Fsp3) is 0.300. The maximum atomic E-state index is 12.7. The van der Waals surface area contributed by atoms with Gasteiger partial charge in [0.05, 0.1) is 15.5 Å². The summed E-state index contributed by atoms with van der Waals surface area (Å²) in [5.74, 6) is -0.265. The molecule has 2 aromatic heterocycles. The van der Waals surface area contributed by atoms with Gasteiger partial charge in [0.15, 0.2) is 0 Å². The first-order valence-electron chi connectivity index (χ1n) is 8.98. The Morgan fingerprint density at radius 3 is 2.52 bits per heavy atom. The number of nitrogens with zero attached hydrogens (tertiary/aromatic N) is 1. The van der Waals surface area contributed by atoms with Crippen LogP contribution in [-0.4, -0.2) is 24.8 Å². The monoisotopic (exact) mass is 449 g/mol. The molecule has 0 aliphatic heterocycles. The first-order valence-corrected chi connectivity index (χ1v) is 12.2. The lowest BCUT2D eigenvalue weighted by molar-refractivity contribution is 0.0954. The van der Waals surface area contributed by atoms with E-state index in [9.17, 15) is 13.2 Å². The highest BCUT2D eigenvalue weighted by atomic mass is 32.2. The van der Waals surface area contributed by atoms with Crippen molar-refractivity contribution in [1.82, 2.24) is 15.0 Å². The van der Waals surface area contributed by atoms with Gasteiger partial charge in [0, 0.05) is 12.1 Å². The van der Waals surface area contributed by atoms with E-state index in [0.29, 0.717) is 16.1 Å². The number of benzene rings is 1. The Morgan fingerprint density at radius 2 is 1.86 bits per heavy atom. The topological polar surface area (TPSA) is 88.2 Å². The molecule has 0 radical (unpaired) electrons. The summed E-state index contributed by atoms with van der Waals surface area (Å²) < 4.78 is 28.1. The number of carbonyl (C=O) groups excluding carboxylic acids is 1. The van der Waals surface area contributed by atoms with Crippen molar-refractivity contribution in [3.63, 3.8) is 0 Å². The van der Waals surface area contributed by atoms with E-state index in [-0.39, 0.29) is 17.3 Å². The molecule has 2 N–H and O–H groups in total. The minimum Gasteiger partial charge on any atom is -0.347 e. The summed E-state index contributed by atoms with van der Waals surface area (Å²) in [6.45, 7) is 7.26. The molecule has 0 fully saturated rings. The standard InChI is InChI=1S/C20H23N3O3S3/c1-13-17(28-19(22-13)15-9-7-11-27-15)18(24)21-12-14-8-5-6-10-16(14)29(25,26)23-20(2,3)4/h5-11,23H,12H2,1-4H3,(H,21,24). The van der Waals surface area contributed by atoms with Crippen molar-refractivity contribution in [2.45, 2.75) is 44.7 Å². The summed E-state index contributed by atoms with van der Waals surface area (Å²) in [5, 5.41) is 5.61. The number of aromatic nitrogens is 1. The molecule has 0 unspecified atom stereocenters. The molecule has 1 aromatic carbocycles. The van der Waals surface area contributed by atoms with E-state index in [1.807, 2.05) is 17.5 Å². The Balaban J connectivity index is 1.78. The van der Waals surface area contributed by atoms with Crippen molar-refractivity contribution >= 4 is 38.6 Å². The summed E-state index contributed by atoms with van der Waals surface area (Å²) in [5.41, 5.74) is 0.581. The molecule has 0 bridgehead atoms. The third-order valence-electron chi connectivity index (χ3n) is 3.88. The van der Waals surface area contributed by atoms with Crippen molar-refractivity contribution in [2.24, 2.45) is 0 Å². The van der Waals surface area contributed by atoms with Crippen molar-refractivity contribution in [2.75, 3.05) is 0 Å². The van der Waals surface area contributed by atoms with Crippen molar-refractivity contribution in [3.05, 3.63) is 57.9 Å². The van der Waals surface area contributed by atoms with Crippen LogP contribution < -0.4 is 10.0 Å². The second-order valence-electron chi connectivity index (χ2n) is 7.56. The number of thiazole rings is 1. The largest absolute Gasteiger partial charge is 0.347 e. The van der Waals surface area contributed by atoms with Gasteiger partial charge < -0.3 is 5.32 Å². The number of rotatable bonds is 6. The highest BCUT2D eigenvalue weighted by molar-refractivity contribution is 7.89. The van der Waals surface area contributed by atoms with Crippen LogP contribution in [0.15, 0.2) is 46.7 Å². The molecule has 6 nitrogen and oxygen atoms in total. The van der Waals surface area contributed by atoms with E-state index in [1.165, 1.54) is 11.3 Å². The van der Waals surface area contributed by atoms with Crippen LogP contribution in [0.5, 0.6) is 0 Å². The average Bonchev–Trinajstić information content (AvgIpc) is 3.27. The van der Waals surface area contributed by atoms with Gasteiger partial charge in [-0.2, -0.15) is 0 Å². The third kappa shape index (κ3) is 5.30. The lowest BCUT2D eigenvalue weighted by Crippen LogP contribution is -2.41. The summed E-state index contributed by atoms with van der Waals surface area (Å²) in [6, 6.07) is 10.6. The second kappa shape index (κ2) is 8.35. The fourth-order valence-corrected chi connectivity index (χ4v) is 6.18. The molecule has 3 aromatic rings. The molecule has 9 heteroatoms. The first kappa shape index (κ1) is 21.6. The molecule has 0 aliphatic rings. The normalized spacial score (nSPS) is 12.1. The van der Waals surface area contributed by atoms with Crippen LogP contribution >= 0.6 is 22.7 Å². The molecule has 154 valence electrons. The minimum absolute atomic E-state index is 0.103. The lowest BCUT2D eigenvalue weighted by Gasteiger charge is -2.21. The molecule has 1 amide bonds. The molecule has 0 saturated carbocycles. The molecule has 0 atom stereocenters. The van der Waals surface area contributed by atoms with Gasteiger partial charge >= 0.3 is 0 Å². The first-order chi connectivity index (χ1) is 13.6. The van der Waals surface area contributed by atoms with Crippen molar-refractivity contribution in [3.8, 4) is 9.88 Å². The second-order valence-corrected chi connectivity index (χ2v) is 11.2. The smallest absolute Gasteiger partial charge is 0.263 e. The SMILES string of the molecule is Cc1nc(-c2cccs2)sc1C(=O)NCc1ccccc1S(=O)(=O)NC(C)(C)C. The zero-order valence-corrected chi connectivity index (χ0v) is 19.1. The van der Waals surface area contributed by atoms with Crippen LogP contribution in [0.3, 0.4) is 0 Å². The van der Waals surface area contributed by atoms with Crippen LogP contribution in [0.2, 0.25) is 0 Å².